The number of halogens is 1. The first kappa shape index (κ1) is 21.6. The van der Waals surface area contributed by atoms with Crippen LogP contribution in [0, 0.1) is 11.7 Å². The molecule has 7 heteroatoms. The normalized spacial score (nSPS) is 23.9. The molecular weight excluding hydrogens is 417 g/mol. The van der Waals surface area contributed by atoms with Gasteiger partial charge in [0, 0.05) is 49.9 Å². The van der Waals surface area contributed by atoms with E-state index in [4.69, 9.17) is 5.10 Å². The number of urea groups is 1. The van der Waals surface area contributed by atoms with E-state index in [-0.39, 0.29) is 11.8 Å². The van der Waals surface area contributed by atoms with Crippen molar-refractivity contribution in [3.05, 3.63) is 77.7 Å². The standard InChI is InChI=1S/C26H30FN5O/c1-31-25(14-24(30-31)19-7-9-21(27)10-8-19)23-17-32-12-11-20(23)13-22(32)16-29-26(33)28-15-18-5-3-2-4-6-18/h2-10,14,20,22-23H,11-13,15-17H2,1H3,(H2,28,29,33)/t20-,22+,23-/m0/s1. The van der Waals surface area contributed by atoms with Crippen molar-refractivity contribution in [2.75, 3.05) is 19.6 Å². The molecule has 6 rings (SSSR count). The third kappa shape index (κ3) is 4.78. The Hall–Kier alpha value is -3.19. The highest BCUT2D eigenvalue weighted by molar-refractivity contribution is 5.73. The van der Waals surface area contributed by atoms with E-state index in [1.165, 1.54) is 24.2 Å². The van der Waals surface area contributed by atoms with Crippen molar-refractivity contribution in [1.82, 2.24) is 25.3 Å². The van der Waals surface area contributed by atoms with E-state index < -0.39 is 0 Å². The second kappa shape index (κ2) is 9.35. The van der Waals surface area contributed by atoms with E-state index in [0.29, 0.717) is 31.0 Å². The van der Waals surface area contributed by atoms with Crippen LogP contribution in [0.15, 0.2) is 60.7 Å². The number of nitrogens with zero attached hydrogens (tertiary/aromatic N) is 3. The van der Waals surface area contributed by atoms with Crippen molar-refractivity contribution in [3.8, 4) is 11.3 Å². The molecule has 0 radical (unpaired) electrons. The average molecular weight is 448 g/mol. The molecule has 0 saturated carbocycles. The van der Waals surface area contributed by atoms with Crippen LogP contribution >= 0.6 is 0 Å². The second-order valence-corrected chi connectivity index (χ2v) is 9.17. The molecule has 3 aromatic rings. The first-order valence-corrected chi connectivity index (χ1v) is 11.7. The lowest BCUT2D eigenvalue weighted by Gasteiger charge is -2.49. The Kier molecular flexibility index (Phi) is 6.13. The lowest BCUT2D eigenvalue weighted by Crippen LogP contribution is -2.56. The van der Waals surface area contributed by atoms with Crippen molar-refractivity contribution < 1.29 is 9.18 Å². The second-order valence-electron chi connectivity index (χ2n) is 9.17. The largest absolute Gasteiger partial charge is 0.337 e. The number of hydrogen-bond acceptors (Lipinski definition) is 3. The van der Waals surface area contributed by atoms with Crippen molar-refractivity contribution in [2.24, 2.45) is 13.0 Å². The molecule has 1 unspecified atom stereocenters. The fraction of sp³-hybridized carbons (Fsp3) is 0.385. The summed E-state index contributed by atoms with van der Waals surface area (Å²) in [6, 6.07) is 18.9. The summed E-state index contributed by atoms with van der Waals surface area (Å²) < 4.78 is 15.3. The van der Waals surface area contributed by atoms with E-state index >= 15 is 0 Å². The van der Waals surface area contributed by atoms with Crippen LogP contribution in [0.5, 0.6) is 0 Å². The number of piperidine rings is 3. The van der Waals surface area contributed by atoms with E-state index in [1.807, 2.05) is 42.1 Å². The number of nitrogens with one attached hydrogen (secondary N) is 2. The summed E-state index contributed by atoms with van der Waals surface area (Å²) in [6.45, 7) is 3.24. The maximum absolute atomic E-state index is 13.3. The number of carbonyl (C=O) groups is 1. The molecule has 0 aliphatic carbocycles. The molecule has 4 atom stereocenters. The number of amides is 2. The van der Waals surface area contributed by atoms with Crippen molar-refractivity contribution in [2.45, 2.75) is 31.3 Å². The zero-order valence-electron chi connectivity index (χ0n) is 18.9. The minimum Gasteiger partial charge on any atom is -0.337 e. The highest BCUT2D eigenvalue weighted by Gasteiger charge is 2.41. The first-order valence-electron chi connectivity index (χ1n) is 11.7. The fourth-order valence-electron chi connectivity index (χ4n) is 5.33. The molecule has 2 bridgehead atoms. The van der Waals surface area contributed by atoms with Gasteiger partial charge in [0.25, 0.3) is 0 Å². The van der Waals surface area contributed by atoms with Crippen LogP contribution in [0.4, 0.5) is 9.18 Å². The van der Waals surface area contributed by atoms with Gasteiger partial charge in [0.05, 0.1) is 5.69 Å². The SMILES string of the molecule is Cn1nc(-c2ccc(F)cc2)cc1[C@H]1CN2CC[C@H]1C[C@@H]2CNC(=O)NCc1ccccc1. The van der Waals surface area contributed by atoms with Gasteiger partial charge in [0.2, 0.25) is 0 Å². The summed E-state index contributed by atoms with van der Waals surface area (Å²) in [7, 11) is 2.00. The van der Waals surface area contributed by atoms with E-state index in [1.54, 1.807) is 12.1 Å². The molecule has 2 aromatic carbocycles. The summed E-state index contributed by atoms with van der Waals surface area (Å²) in [4.78, 5) is 14.8. The zero-order valence-corrected chi connectivity index (χ0v) is 18.9. The Bertz CT molecular complexity index is 1100. The van der Waals surface area contributed by atoms with Gasteiger partial charge in [-0.1, -0.05) is 30.3 Å². The molecule has 2 amide bonds. The third-order valence-corrected chi connectivity index (χ3v) is 7.11. The molecule has 4 heterocycles. The Balaban J connectivity index is 1.18. The molecule has 33 heavy (non-hydrogen) atoms. The number of benzene rings is 2. The molecule has 0 spiro atoms. The molecule has 1 aromatic heterocycles. The highest BCUT2D eigenvalue weighted by Crippen LogP contribution is 2.42. The quantitative estimate of drug-likeness (QED) is 0.602. The Morgan fingerprint density at radius 3 is 2.64 bits per heavy atom. The summed E-state index contributed by atoms with van der Waals surface area (Å²) in [5.41, 5.74) is 4.14. The Labute approximate surface area is 193 Å². The topological polar surface area (TPSA) is 62.2 Å². The van der Waals surface area contributed by atoms with Crippen LogP contribution in [0.3, 0.4) is 0 Å². The van der Waals surface area contributed by atoms with E-state index in [2.05, 4.69) is 21.6 Å². The minimum atomic E-state index is -0.235. The summed E-state index contributed by atoms with van der Waals surface area (Å²) in [6.07, 6.45) is 2.24. The van der Waals surface area contributed by atoms with Gasteiger partial charge < -0.3 is 10.6 Å². The predicted molar refractivity (Wildman–Crippen MR) is 126 cm³/mol. The Morgan fingerprint density at radius 2 is 1.91 bits per heavy atom. The maximum atomic E-state index is 13.3. The monoisotopic (exact) mass is 447 g/mol. The molecule has 3 fully saturated rings. The van der Waals surface area contributed by atoms with Gasteiger partial charge in [-0.25, -0.2) is 9.18 Å². The van der Waals surface area contributed by atoms with Crippen LogP contribution in [0.1, 0.15) is 30.0 Å². The van der Waals surface area contributed by atoms with Gasteiger partial charge in [-0.2, -0.15) is 5.10 Å². The van der Waals surface area contributed by atoms with Gasteiger partial charge in [0.15, 0.2) is 0 Å². The lowest BCUT2D eigenvalue weighted by atomic mass is 9.74. The summed E-state index contributed by atoms with van der Waals surface area (Å²) in [5.74, 6) is 0.764. The number of fused-ring (bicyclic) bond motifs is 3. The summed E-state index contributed by atoms with van der Waals surface area (Å²) >= 11 is 0. The van der Waals surface area contributed by atoms with E-state index in [9.17, 15) is 9.18 Å². The van der Waals surface area contributed by atoms with Gasteiger partial charge in [0.1, 0.15) is 5.82 Å². The Morgan fingerprint density at radius 1 is 1.12 bits per heavy atom. The van der Waals surface area contributed by atoms with E-state index in [0.717, 1.165) is 36.3 Å². The molecular formula is C26H30FN5O. The number of rotatable bonds is 6. The van der Waals surface area contributed by atoms with Crippen LogP contribution in [-0.2, 0) is 13.6 Å². The van der Waals surface area contributed by atoms with Crippen LogP contribution < -0.4 is 10.6 Å². The molecule has 3 saturated heterocycles. The highest BCUT2D eigenvalue weighted by atomic mass is 19.1. The third-order valence-electron chi connectivity index (χ3n) is 7.11. The number of aromatic nitrogens is 2. The van der Waals surface area contributed by atoms with Gasteiger partial charge in [-0.3, -0.25) is 9.58 Å². The van der Waals surface area contributed by atoms with Crippen molar-refractivity contribution in [1.29, 1.82) is 0 Å². The van der Waals surface area contributed by atoms with Gasteiger partial charge >= 0.3 is 6.03 Å². The van der Waals surface area contributed by atoms with Crippen molar-refractivity contribution in [3.63, 3.8) is 0 Å². The van der Waals surface area contributed by atoms with Gasteiger partial charge in [-0.05, 0) is 61.2 Å². The van der Waals surface area contributed by atoms with Gasteiger partial charge in [-0.15, -0.1) is 0 Å². The minimum absolute atomic E-state index is 0.117. The number of hydrogen-bond donors (Lipinski definition) is 2. The fourth-order valence-corrected chi connectivity index (χ4v) is 5.33. The van der Waals surface area contributed by atoms with Crippen LogP contribution in [-0.4, -0.2) is 46.4 Å². The first-order chi connectivity index (χ1) is 16.1. The molecule has 3 aliphatic heterocycles. The lowest BCUT2D eigenvalue weighted by molar-refractivity contribution is 0.0294. The predicted octanol–water partition coefficient (Wildman–Crippen LogP) is 3.90. The maximum Gasteiger partial charge on any atom is 0.315 e. The molecule has 3 aliphatic rings. The molecule has 172 valence electrons. The number of carbonyl (C=O) groups excluding carboxylic acids is 1. The van der Waals surface area contributed by atoms with Crippen molar-refractivity contribution >= 4 is 6.03 Å². The van der Waals surface area contributed by atoms with Crippen LogP contribution in [0.25, 0.3) is 11.3 Å². The molecule has 6 nitrogen and oxygen atoms in total. The number of aryl methyl sites for hydroxylation is 1. The summed E-state index contributed by atoms with van der Waals surface area (Å²) in [5, 5.41) is 10.7. The zero-order chi connectivity index (χ0) is 22.8. The molecule has 2 N–H and O–H groups in total. The van der Waals surface area contributed by atoms with Crippen LogP contribution in [0.2, 0.25) is 0 Å². The smallest absolute Gasteiger partial charge is 0.315 e. The average Bonchev–Trinajstić information content (AvgIpc) is 3.24.